The number of nitrogens with one attached hydrogen (secondary N) is 1. The smallest absolute Gasteiger partial charge is 0.307 e. The molecule has 1 atom stereocenters. The summed E-state index contributed by atoms with van der Waals surface area (Å²) in [5.41, 5.74) is 1.48. The van der Waals surface area contributed by atoms with Crippen LogP contribution >= 0.6 is 0 Å². The standard InChI is InChI=1S/C20H26N2O3/c23-18-13-17(20(25-18)8-1-2-9-20)19(24)21-16-7-5-6-15(12-16)14-22-10-3-4-11-22/h5-7,12,17H,1-4,8-11,13-14H2,(H,21,24). The van der Waals surface area contributed by atoms with Gasteiger partial charge in [-0.1, -0.05) is 12.1 Å². The Balaban J connectivity index is 1.44. The molecule has 1 spiro atoms. The molecule has 2 aliphatic heterocycles. The van der Waals surface area contributed by atoms with Gasteiger partial charge >= 0.3 is 5.97 Å². The largest absolute Gasteiger partial charge is 0.458 e. The molecule has 1 aromatic rings. The lowest BCUT2D eigenvalue weighted by atomic mass is 9.85. The summed E-state index contributed by atoms with van der Waals surface area (Å²) in [5.74, 6) is -0.666. The van der Waals surface area contributed by atoms with Crippen LogP contribution in [0.15, 0.2) is 24.3 Å². The van der Waals surface area contributed by atoms with Crippen molar-refractivity contribution >= 4 is 17.6 Å². The highest BCUT2D eigenvalue weighted by atomic mass is 16.6. The molecule has 3 aliphatic rings. The summed E-state index contributed by atoms with van der Waals surface area (Å²) in [5, 5.41) is 3.03. The van der Waals surface area contributed by atoms with Gasteiger partial charge in [0.15, 0.2) is 0 Å². The minimum absolute atomic E-state index is 0.0777. The molecule has 2 heterocycles. The summed E-state index contributed by atoms with van der Waals surface area (Å²) in [6.07, 6.45) is 6.43. The lowest BCUT2D eigenvalue weighted by molar-refractivity contribution is -0.149. The third-order valence-electron chi connectivity index (χ3n) is 5.89. The van der Waals surface area contributed by atoms with E-state index in [9.17, 15) is 9.59 Å². The summed E-state index contributed by atoms with van der Waals surface area (Å²) < 4.78 is 5.59. The molecule has 1 amide bonds. The van der Waals surface area contributed by atoms with E-state index in [4.69, 9.17) is 4.74 Å². The van der Waals surface area contributed by atoms with Crippen LogP contribution in [0.3, 0.4) is 0 Å². The Morgan fingerprint density at radius 2 is 1.96 bits per heavy atom. The van der Waals surface area contributed by atoms with E-state index in [0.29, 0.717) is 0 Å². The minimum atomic E-state index is -0.547. The molecule has 1 aliphatic carbocycles. The van der Waals surface area contributed by atoms with Gasteiger partial charge in [-0.3, -0.25) is 14.5 Å². The highest BCUT2D eigenvalue weighted by Crippen LogP contribution is 2.45. The number of esters is 1. The third kappa shape index (κ3) is 3.43. The summed E-state index contributed by atoms with van der Waals surface area (Å²) >= 11 is 0. The second-order valence-corrected chi connectivity index (χ2v) is 7.68. The lowest BCUT2D eigenvalue weighted by Gasteiger charge is -2.28. The molecule has 0 radical (unpaired) electrons. The Hall–Kier alpha value is -1.88. The molecule has 0 aromatic heterocycles. The van der Waals surface area contributed by atoms with Crippen molar-refractivity contribution in [3.63, 3.8) is 0 Å². The van der Waals surface area contributed by atoms with E-state index in [1.165, 1.54) is 18.4 Å². The number of anilines is 1. The first-order valence-electron chi connectivity index (χ1n) is 9.49. The van der Waals surface area contributed by atoms with Crippen LogP contribution in [0, 0.1) is 5.92 Å². The molecule has 4 rings (SSSR count). The number of carbonyl (C=O) groups excluding carboxylic acids is 2. The molecule has 134 valence electrons. The van der Waals surface area contributed by atoms with Crippen LogP contribution < -0.4 is 5.32 Å². The fourth-order valence-corrected chi connectivity index (χ4v) is 4.62. The van der Waals surface area contributed by atoms with Crippen LogP contribution in [0.25, 0.3) is 0 Å². The van der Waals surface area contributed by atoms with Crippen LogP contribution in [0.2, 0.25) is 0 Å². The molecular formula is C20H26N2O3. The maximum absolute atomic E-state index is 12.8. The number of hydrogen-bond donors (Lipinski definition) is 1. The van der Waals surface area contributed by atoms with Crippen molar-refractivity contribution in [3.8, 4) is 0 Å². The SMILES string of the molecule is O=C1CC(C(=O)Nc2cccc(CN3CCCC3)c2)C2(CCCC2)O1. The third-order valence-corrected chi connectivity index (χ3v) is 5.89. The maximum atomic E-state index is 12.8. The monoisotopic (exact) mass is 342 g/mol. The van der Waals surface area contributed by atoms with E-state index in [-0.39, 0.29) is 24.2 Å². The Morgan fingerprint density at radius 3 is 2.72 bits per heavy atom. The number of carbonyl (C=O) groups is 2. The number of amides is 1. The number of benzene rings is 1. The van der Waals surface area contributed by atoms with Crippen LogP contribution in [-0.2, 0) is 20.9 Å². The van der Waals surface area contributed by atoms with Crippen molar-refractivity contribution < 1.29 is 14.3 Å². The topological polar surface area (TPSA) is 58.6 Å². The predicted molar refractivity (Wildman–Crippen MR) is 95.0 cm³/mol. The Bertz CT molecular complexity index is 661. The van der Waals surface area contributed by atoms with Gasteiger partial charge in [-0.25, -0.2) is 0 Å². The molecule has 5 heteroatoms. The molecule has 1 aromatic carbocycles. The molecule has 25 heavy (non-hydrogen) atoms. The van der Waals surface area contributed by atoms with Gasteiger partial charge in [-0.15, -0.1) is 0 Å². The van der Waals surface area contributed by atoms with Gasteiger partial charge < -0.3 is 10.1 Å². The Labute approximate surface area is 148 Å². The quantitative estimate of drug-likeness (QED) is 0.854. The first-order chi connectivity index (χ1) is 12.1. The Morgan fingerprint density at radius 1 is 1.20 bits per heavy atom. The number of nitrogens with zero attached hydrogens (tertiary/aromatic N) is 1. The van der Waals surface area contributed by atoms with Gasteiger partial charge in [0.1, 0.15) is 5.60 Å². The summed E-state index contributed by atoms with van der Waals surface area (Å²) in [7, 11) is 0. The first kappa shape index (κ1) is 16.6. The van der Waals surface area contributed by atoms with Gasteiger partial charge in [0, 0.05) is 12.2 Å². The number of likely N-dealkylation sites (tertiary alicyclic amines) is 1. The second-order valence-electron chi connectivity index (χ2n) is 7.68. The average Bonchev–Trinajstić information content (AvgIpc) is 3.31. The number of ether oxygens (including phenoxy) is 1. The fraction of sp³-hybridized carbons (Fsp3) is 0.600. The van der Waals surface area contributed by atoms with Crippen molar-refractivity contribution in [1.29, 1.82) is 0 Å². The van der Waals surface area contributed by atoms with Gasteiger partial charge in [-0.2, -0.15) is 0 Å². The van der Waals surface area contributed by atoms with Gasteiger partial charge in [0.25, 0.3) is 0 Å². The Kier molecular flexibility index (Phi) is 4.50. The van der Waals surface area contributed by atoms with E-state index in [2.05, 4.69) is 22.3 Å². The van der Waals surface area contributed by atoms with Crippen molar-refractivity contribution in [2.45, 2.75) is 57.1 Å². The van der Waals surface area contributed by atoms with Crippen LogP contribution in [-0.4, -0.2) is 35.5 Å². The molecule has 1 unspecified atom stereocenters. The van der Waals surface area contributed by atoms with E-state index in [0.717, 1.165) is 51.0 Å². The average molecular weight is 342 g/mol. The molecule has 5 nitrogen and oxygen atoms in total. The highest BCUT2D eigenvalue weighted by Gasteiger charge is 2.53. The first-order valence-corrected chi connectivity index (χ1v) is 9.49. The summed E-state index contributed by atoms with van der Waals surface area (Å²) in [4.78, 5) is 27.1. The van der Waals surface area contributed by atoms with Gasteiger partial charge in [0.2, 0.25) is 5.91 Å². The van der Waals surface area contributed by atoms with E-state index < -0.39 is 5.60 Å². The van der Waals surface area contributed by atoms with Gasteiger partial charge in [0.05, 0.1) is 12.3 Å². The summed E-state index contributed by atoms with van der Waals surface area (Å²) in [6.45, 7) is 3.24. The molecule has 0 bridgehead atoms. The van der Waals surface area contributed by atoms with Crippen molar-refractivity contribution in [3.05, 3.63) is 29.8 Å². The highest BCUT2D eigenvalue weighted by molar-refractivity contribution is 5.97. The van der Waals surface area contributed by atoms with E-state index in [1.54, 1.807) is 0 Å². The minimum Gasteiger partial charge on any atom is -0.458 e. The van der Waals surface area contributed by atoms with Crippen LogP contribution in [0.5, 0.6) is 0 Å². The maximum Gasteiger partial charge on any atom is 0.307 e. The van der Waals surface area contributed by atoms with Gasteiger partial charge in [-0.05, 0) is 69.3 Å². The number of hydrogen-bond acceptors (Lipinski definition) is 4. The van der Waals surface area contributed by atoms with Crippen molar-refractivity contribution in [1.82, 2.24) is 4.90 Å². The second kappa shape index (κ2) is 6.79. The zero-order valence-electron chi connectivity index (χ0n) is 14.6. The van der Waals surface area contributed by atoms with E-state index in [1.807, 2.05) is 12.1 Å². The van der Waals surface area contributed by atoms with E-state index >= 15 is 0 Å². The predicted octanol–water partition coefficient (Wildman–Crippen LogP) is 3.10. The molecule has 1 saturated carbocycles. The zero-order chi connectivity index (χ0) is 17.3. The molecule has 1 N–H and O–H groups in total. The number of rotatable bonds is 4. The van der Waals surface area contributed by atoms with Crippen molar-refractivity contribution in [2.75, 3.05) is 18.4 Å². The van der Waals surface area contributed by atoms with Crippen molar-refractivity contribution in [2.24, 2.45) is 5.92 Å². The lowest BCUT2D eigenvalue weighted by Crippen LogP contribution is -2.39. The molecule has 2 saturated heterocycles. The zero-order valence-corrected chi connectivity index (χ0v) is 14.6. The molecular weight excluding hydrogens is 316 g/mol. The van der Waals surface area contributed by atoms with Crippen LogP contribution in [0.1, 0.15) is 50.5 Å². The normalized spacial score (nSPS) is 25.4. The molecule has 3 fully saturated rings. The summed E-state index contributed by atoms with van der Waals surface area (Å²) in [6, 6.07) is 8.07. The fourth-order valence-electron chi connectivity index (χ4n) is 4.62. The van der Waals surface area contributed by atoms with Crippen LogP contribution in [0.4, 0.5) is 5.69 Å².